The van der Waals surface area contributed by atoms with E-state index in [2.05, 4.69) is 20.9 Å². The summed E-state index contributed by atoms with van der Waals surface area (Å²) < 4.78 is 0. The van der Waals surface area contributed by atoms with Crippen LogP contribution in [0.15, 0.2) is 47.6 Å². The monoisotopic (exact) mass is 358 g/mol. The van der Waals surface area contributed by atoms with Gasteiger partial charge in [-0.2, -0.15) is 0 Å². The number of carbonyl (C=O) groups is 2. The van der Waals surface area contributed by atoms with Crippen LogP contribution >= 0.6 is 11.8 Å². The van der Waals surface area contributed by atoms with Crippen LogP contribution in [0.4, 0.5) is 10.5 Å². The van der Waals surface area contributed by atoms with Crippen LogP contribution in [0, 0.1) is 0 Å². The minimum absolute atomic E-state index is 0.0398. The van der Waals surface area contributed by atoms with E-state index in [1.165, 1.54) is 0 Å². The number of nitrogens with zero attached hydrogens (tertiary/aromatic N) is 1. The van der Waals surface area contributed by atoms with Crippen LogP contribution in [-0.4, -0.2) is 29.2 Å². The van der Waals surface area contributed by atoms with Crippen molar-refractivity contribution in [2.45, 2.75) is 31.5 Å². The summed E-state index contributed by atoms with van der Waals surface area (Å²) in [5, 5.41) is 9.24. The fourth-order valence-electron chi connectivity index (χ4n) is 2.12. The Balaban J connectivity index is 1.97. The maximum atomic E-state index is 12.3. The van der Waals surface area contributed by atoms with Gasteiger partial charge in [0.2, 0.25) is 0 Å². The van der Waals surface area contributed by atoms with Gasteiger partial charge in [-0.3, -0.25) is 4.79 Å². The zero-order valence-electron chi connectivity index (χ0n) is 14.5. The molecule has 3 amide bonds. The molecular weight excluding hydrogens is 336 g/mol. The molecule has 0 bridgehead atoms. The Morgan fingerprint density at radius 3 is 2.72 bits per heavy atom. The van der Waals surface area contributed by atoms with Gasteiger partial charge in [0.1, 0.15) is 0 Å². The molecule has 0 unspecified atom stereocenters. The van der Waals surface area contributed by atoms with Gasteiger partial charge >= 0.3 is 6.03 Å². The number of nitrogens with one attached hydrogen (secondary N) is 3. The molecule has 2 rings (SSSR count). The van der Waals surface area contributed by atoms with Gasteiger partial charge in [0, 0.05) is 30.0 Å². The minimum Gasteiger partial charge on any atom is -0.348 e. The molecule has 0 aliphatic rings. The van der Waals surface area contributed by atoms with Crippen molar-refractivity contribution in [3.63, 3.8) is 0 Å². The topological polar surface area (TPSA) is 83.1 Å². The van der Waals surface area contributed by atoms with Gasteiger partial charge in [-0.1, -0.05) is 6.07 Å². The Bertz CT molecular complexity index is 749. The Labute approximate surface area is 151 Å². The molecule has 0 saturated heterocycles. The average molecular weight is 358 g/mol. The second kappa shape index (κ2) is 9.08. The standard InChI is InChI=1S/C18H22N4O2S/c1-12(2)21-18(24)22-15-6-4-5-14(10-15)17(23)20-11-13-7-8-19-16(9-13)25-3/h4-10,12H,11H2,1-3H3,(H,20,23)(H2,21,22,24). The summed E-state index contributed by atoms with van der Waals surface area (Å²) in [6.45, 7) is 4.18. The normalized spacial score (nSPS) is 10.4. The van der Waals surface area contributed by atoms with Gasteiger partial charge in [-0.15, -0.1) is 11.8 Å². The van der Waals surface area contributed by atoms with Crippen molar-refractivity contribution in [1.29, 1.82) is 0 Å². The first-order valence-electron chi connectivity index (χ1n) is 7.92. The van der Waals surface area contributed by atoms with Crippen LogP contribution < -0.4 is 16.0 Å². The first-order valence-corrected chi connectivity index (χ1v) is 9.15. The van der Waals surface area contributed by atoms with Crippen LogP contribution in [0.25, 0.3) is 0 Å². The predicted octanol–water partition coefficient (Wildman–Crippen LogP) is 3.26. The second-order valence-corrected chi connectivity index (χ2v) is 6.55. The molecule has 25 heavy (non-hydrogen) atoms. The summed E-state index contributed by atoms with van der Waals surface area (Å²) in [6.07, 6.45) is 3.68. The largest absolute Gasteiger partial charge is 0.348 e. The first kappa shape index (κ1) is 18.8. The Morgan fingerprint density at radius 1 is 1.20 bits per heavy atom. The lowest BCUT2D eigenvalue weighted by Gasteiger charge is -2.11. The zero-order chi connectivity index (χ0) is 18.2. The van der Waals surface area contributed by atoms with E-state index in [4.69, 9.17) is 0 Å². The molecule has 0 spiro atoms. The van der Waals surface area contributed by atoms with Crippen LogP contribution in [0.1, 0.15) is 29.8 Å². The fourth-order valence-corrected chi connectivity index (χ4v) is 2.56. The number of anilines is 1. The predicted molar refractivity (Wildman–Crippen MR) is 101 cm³/mol. The number of hydrogen-bond acceptors (Lipinski definition) is 4. The number of pyridine rings is 1. The Morgan fingerprint density at radius 2 is 2.00 bits per heavy atom. The van der Waals surface area contributed by atoms with Crippen molar-refractivity contribution in [1.82, 2.24) is 15.6 Å². The SMILES string of the molecule is CSc1cc(CNC(=O)c2cccc(NC(=O)NC(C)C)c2)ccn1. The summed E-state index contributed by atoms with van der Waals surface area (Å²) in [5.41, 5.74) is 2.04. The minimum atomic E-state index is -0.297. The number of aromatic nitrogens is 1. The van der Waals surface area contributed by atoms with E-state index in [-0.39, 0.29) is 18.0 Å². The van der Waals surface area contributed by atoms with Gasteiger partial charge < -0.3 is 16.0 Å². The van der Waals surface area contributed by atoms with Gasteiger partial charge in [-0.25, -0.2) is 9.78 Å². The third kappa shape index (κ3) is 6.11. The van der Waals surface area contributed by atoms with E-state index in [0.717, 1.165) is 10.6 Å². The van der Waals surface area contributed by atoms with Crippen molar-refractivity contribution < 1.29 is 9.59 Å². The molecule has 3 N–H and O–H groups in total. The molecule has 0 aliphatic heterocycles. The molecule has 0 saturated carbocycles. The van der Waals surface area contributed by atoms with Gasteiger partial charge in [-0.05, 0) is 56.0 Å². The highest BCUT2D eigenvalue weighted by molar-refractivity contribution is 7.98. The van der Waals surface area contributed by atoms with Crippen molar-refractivity contribution in [3.8, 4) is 0 Å². The fraction of sp³-hybridized carbons (Fsp3) is 0.278. The summed E-state index contributed by atoms with van der Waals surface area (Å²) in [4.78, 5) is 28.3. The quantitative estimate of drug-likeness (QED) is 0.692. The number of benzene rings is 1. The summed E-state index contributed by atoms with van der Waals surface area (Å²) in [5.74, 6) is -0.199. The summed E-state index contributed by atoms with van der Waals surface area (Å²) >= 11 is 1.56. The van der Waals surface area contributed by atoms with E-state index >= 15 is 0 Å². The zero-order valence-corrected chi connectivity index (χ0v) is 15.3. The van der Waals surface area contributed by atoms with E-state index in [9.17, 15) is 9.59 Å². The molecule has 6 nitrogen and oxygen atoms in total. The first-order chi connectivity index (χ1) is 12.0. The number of urea groups is 1. The number of rotatable bonds is 6. The van der Waals surface area contributed by atoms with Crippen molar-refractivity contribution in [2.24, 2.45) is 0 Å². The van der Waals surface area contributed by atoms with Crippen molar-refractivity contribution >= 4 is 29.4 Å². The molecule has 7 heteroatoms. The van der Waals surface area contributed by atoms with Crippen LogP contribution in [0.5, 0.6) is 0 Å². The Kier molecular flexibility index (Phi) is 6.82. The number of hydrogen-bond donors (Lipinski definition) is 3. The van der Waals surface area contributed by atoms with Crippen LogP contribution in [0.3, 0.4) is 0 Å². The van der Waals surface area contributed by atoms with E-state index in [1.54, 1.807) is 42.2 Å². The van der Waals surface area contributed by atoms with Gasteiger partial charge in [0.15, 0.2) is 0 Å². The molecule has 132 valence electrons. The lowest BCUT2D eigenvalue weighted by atomic mass is 10.2. The van der Waals surface area contributed by atoms with Gasteiger partial charge in [0.05, 0.1) is 5.03 Å². The van der Waals surface area contributed by atoms with Gasteiger partial charge in [0.25, 0.3) is 5.91 Å². The molecular formula is C18H22N4O2S. The molecule has 1 heterocycles. The van der Waals surface area contributed by atoms with Crippen LogP contribution in [0.2, 0.25) is 0 Å². The highest BCUT2D eigenvalue weighted by Crippen LogP contribution is 2.13. The molecule has 1 aromatic carbocycles. The average Bonchev–Trinajstić information content (AvgIpc) is 2.59. The smallest absolute Gasteiger partial charge is 0.319 e. The lowest BCUT2D eigenvalue weighted by molar-refractivity contribution is 0.0951. The second-order valence-electron chi connectivity index (χ2n) is 5.72. The summed E-state index contributed by atoms with van der Waals surface area (Å²) in [6, 6.07) is 10.4. The third-order valence-electron chi connectivity index (χ3n) is 3.26. The van der Waals surface area contributed by atoms with Crippen molar-refractivity contribution in [3.05, 3.63) is 53.7 Å². The molecule has 2 aromatic rings. The third-order valence-corrected chi connectivity index (χ3v) is 3.91. The highest BCUT2D eigenvalue weighted by Gasteiger charge is 2.08. The highest BCUT2D eigenvalue weighted by atomic mass is 32.2. The maximum Gasteiger partial charge on any atom is 0.319 e. The van der Waals surface area contributed by atoms with E-state index < -0.39 is 0 Å². The number of amides is 3. The number of carbonyl (C=O) groups excluding carboxylic acids is 2. The molecule has 0 fully saturated rings. The van der Waals surface area contributed by atoms with Crippen molar-refractivity contribution in [2.75, 3.05) is 11.6 Å². The van der Waals surface area contributed by atoms with Crippen LogP contribution in [-0.2, 0) is 6.54 Å². The lowest BCUT2D eigenvalue weighted by Crippen LogP contribution is -2.34. The summed E-state index contributed by atoms with van der Waals surface area (Å²) in [7, 11) is 0. The molecule has 1 aromatic heterocycles. The maximum absolute atomic E-state index is 12.3. The number of thioether (sulfide) groups is 1. The molecule has 0 aliphatic carbocycles. The Hall–Kier alpha value is -2.54. The van der Waals surface area contributed by atoms with E-state index in [0.29, 0.717) is 17.8 Å². The van der Waals surface area contributed by atoms with E-state index in [1.807, 2.05) is 32.2 Å². The molecule has 0 atom stereocenters. The molecule has 0 radical (unpaired) electrons.